The first-order valence-electron chi connectivity index (χ1n) is 6.84. The maximum absolute atomic E-state index is 12.0. The average Bonchev–Trinajstić information content (AvgIpc) is 3.02. The summed E-state index contributed by atoms with van der Waals surface area (Å²) in [5.74, 6) is -0.0838. The molecule has 0 bridgehead atoms. The first-order valence-corrected chi connectivity index (χ1v) is 6.84. The molecule has 0 spiro atoms. The summed E-state index contributed by atoms with van der Waals surface area (Å²) in [4.78, 5) is 12.0. The van der Waals surface area contributed by atoms with Gasteiger partial charge >= 0.3 is 0 Å². The smallest absolute Gasteiger partial charge is 0.185 e. The fourth-order valence-electron chi connectivity index (χ4n) is 2.07. The highest BCUT2D eigenvalue weighted by Gasteiger charge is 2.03. The van der Waals surface area contributed by atoms with Gasteiger partial charge in [-0.15, -0.1) is 0 Å². The SMILES string of the molecule is O=C(C=Cc1cnn(-c2ccccc2)c1)c1cccc(O)c1. The van der Waals surface area contributed by atoms with Crippen molar-refractivity contribution in [1.29, 1.82) is 0 Å². The number of aromatic hydroxyl groups is 1. The molecule has 0 unspecified atom stereocenters. The van der Waals surface area contributed by atoms with E-state index in [-0.39, 0.29) is 11.5 Å². The second-order valence-electron chi connectivity index (χ2n) is 4.80. The van der Waals surface area contributed by atoms with Crippen LogP contribution in [0.4, 0.5) is 0 Å². The summed E-state index contributed by atoms with van der Waals surface area (Å²) in [5, 5.41) is 13.7. The van der Waals surface area contributed by atoms with Gasteiger partial charge in [0, 0.05) is 17.3 Å². The largest absolute Gasteiger partial charge is 0.508 e. The van der Waals surface area contributed by atoms with Gasteiger partial charge in [-0.25, -0.2) is 4.68 Å². The van der Waals surface area contributed by atoms with Gasteiger partial charge in [-0.1, -0.05) is 30.3 Å². The lowest BCUT2D eigenvalue weighted by atomic mass is 10.1. The Morgan fingerprint density at radius 2 is 1.91 bits per heavy atom. The lowest BCUT2D eigenvalue weighted by Crippen LogP contribution is -1.93. The lowest BCUT2D eigenvalue weighted by molar-refractivity contribution is 0.104. The topological polar surface area (TPSA) is 55.1 Å². The van der Waals surface area contributed by atoms with Crippen LogP contribution in [0.2, 0.25) is 0 Å². The van der Waals surface area contributed by atoms with Gasteiger partial charge in [0.25, 0.3) is 0 Å². The number of para-hydroxylation sites is 1. The molecule has 108 valence electrons. The predicted molar refractivity (Wildman–Crippen MR) is 85.0 cm³/mol. The highest BCUT2D eigenvalue weighted by atomic mass is 16.3. The van der Waals surface area contributed by atoms with E-state index in [2.05, 4.69) is 5.10 Å². The van der Waals surface area contributed by atoms with Crippen LogP contribution in [-0.2, 0) is 0 Å². The molecule has 2 aromatic carbocycles. The van der Waals surface area contributed by atoms with Crippen molar-refractivity contribution in [3.63, 3.8) is 0 Å². The van der Waals surface area contributed by atoms with Crippen molar-refractivity contribution in [2.24, 2.45) is 0 Å². The minimum atomic E-state index is -0.164. The van der Waals surface area contributed by atoms with Crippen molar-refractivity contribution in [3.8, 4) is 11.4 Å². The summed E-state index contributed by atoms with van der Waals surface area (Å²) in [7, 11) is 0. The molecule has 3 rings (SSSR count). The van der Waals surface area contributed by atoms with Gasteiger partial charge in [0.1, 0.15) is 5.75 Å². The van der Waals surface area contributed by atoms with Gasteiger partial charge in [-0.05, 0) is 36.4 Å². The molecule has 0 aliphatic heterocycles. The first kappa shape index (κ1) is 13.8. The van der Waals surface area contributed by atoms with Crippen molar-refractivity contribution < 1.29 is 9.90 Å². The summed E-state index contributed by atoms with van der Waals surface area (Å²) < 4.78 is 1.75. The van der Waals surface area contributed by atoms with Crippen LogP contribution >= 0.6 is 0 Å². The number of carbonyl (C=O) groups is 1. The molecule has 0 saturated heterocycles. The Bertz CT molecular complexity index is 820. The van der Waals surface area contributed by atoms with Crippen LogP contribution in [0.25, 0.3) is 11.8 Å². The zero-order valence-electron chi connectivity index (χ0n) is 11.8. The summed E-state index contributed by atoms with van der Waals surface area (Å²) >= 11 is 0. The predicted octanol–water partition coefficient (Wildman–Crippen LogP) is 3.47. The highest BCUT2D eigenvalue weighted by molar-refractivity contribution is 6.06. The van der Waals surface area contributed by atoms with Gasteiger partial charge in [0.05, 0.1) is 11.9 Å². The van der Waals surface area contributed by atoms with Crippen LogP contribution < -0.4 is 0 Å². The third-order valence-corrected chi connectivity index (χ3v) is 3.18. The fraction of sp³-hybridized carbons (Fsp3) is 0. The maximum atomic E-state index is 12.0. The Morgan fingerprint density at radius 1 is 1.09 bits per heavy atom. The van der Waals surface area contributed by atoms with Gasteiger partial charge in [-0.3, -0.25) is 4.79 Å². The van der Waals surface area contributed by atoms with Crippen molar-refractivity contribution in [2.75, 3.05) is 0 Å². The van der Waals surface area contributed by atoms with Crippen LogP contribution in [-0.4, -0.2) is 20.7 Å². The van der Waals surface area contributed by atoms with E-state index in [0.717, 1.165) is 11.3 Å². The molecule has 0 amide bonds. The van der Waals surface area contributed by atoms with Crippen molar-refractivity contribution in [2.45, 2.75) is 0 Å². The number of phenols is 1. The summed E-state index contributed by atoms with van der Waals surface area (Å²) in [6, 6.07) is 16.0. The zero-order valence-corrected chi connectivity index (χ0v) is 11.8. The molecular formula is C18H14N2O2. The molecule has 0 aliphatic rings. The summed E-state index contributed by atoms with van der Waals surface area (Å²) in [6.45, 7) is 0. The van der Waals surface area contributed by atoms with Crippen molar-refractivity contribution >= 4 is 11.9 Å². The number of rotatable bonds is 4. The number of hydrogen-bond acceptors (Lipinski definition) is 3. The quantitative estimate of drug-likeness (QED) is 0.591. The number of phenolic OH excluding ortho intramolecular Hbond substituents is 1. The molecule has 1 N–H and O–H groups in total. The number of allylic oxidation sites excluding steroid dienone is 1. The van der Waals surface area contributed by atoms with Gasteiger partial charge in [0.2, 0.25) is 0 Å². The van der Waals surface area contributed by atoms with E-state index in [1.165, 1.54) is 18.2 Å². The molecule has 0 radical (unpaired) electrons. The summed E-state index contributed by atoms with van der Waals surface area (Å²) in [5.41, 5.74) is 2.24. The van der Waals surface area contributed by atoms with E-state index in [9.17, 15) is 9.90 Å². The maximum Gasteiger partial charge on any atom is 0.185 e. The number of ketones is 1. The first-order chi connectivity index (χ1) is 10.7. The molecule has 0 atom stereocenters. The standard InChI is InChI=1S/C18H14N2O2/c21-17-8-4-5-15(11-17)18(22)10-9-14-12-19-20(13-14)16-6-2-1-3-7-16/h1-13,21H. The van der Waals surface area contributed by atoms with Crippen molar-refractivity contribution in [1.82, 2.24) is 9.78 Å². The number of benzene rings is 2. The number of aromatic nitrogens is 2. The van der Waals surface area contributed by atoms with Crippen LogP contribution in [0, 0.1) is 0 Å². The summed E-state index contributed by atoms with van der Waals surface area (Å²) in [6.07, 6.45) is 6.72. The van der Waals surface area contributed by atoms with Crippen LogP contribution in [0.1, 0.15) is 15.9 Å². The van der Waals surface area contributed by atoms with E-state index >= 15 is 0 Å². The Hall–Kier alpha value is -3.14. The molecule has 3 aromatic rings. The fourth-order valence-corrected chi connectivity index (χ4v) is 2.07. The van der Waals surface area contributed by atoms with E-state index in [1.54, 1.807) is 29.1 Å². The molecule has 0 fully saturated rings. The number of carbonyl (C=O) groups excluding carboxylic acids is 1. The Morgan fingerprint density at radius 3 is 2.68 bits per heavy atom. The number of nitrogens with zero attached hydrogens (tertiary/aromatic N) is 2. The average molecular weight is 290 g/mol. The Kier molecular flexibility index (Phi) is 3.83. The second-order valence-corrected chi connectivity index (χ2v) is 4.80. The molecule has 0 saturated carbocycles. The van der Waals surface area contributed by atoms with E-state index in [1.807, 2.05) is 36.5 Å². The molecule has 4 nitrogen and oxygen atoms in total. The minimum Gasteiger partial charge on any atom is -0.508 e. The molecule has 0 aliphatic carbocycles. The van der Waals surface area contributed by atoms with E-state index in [4.69, 9.17) is 0 Å². The third-order valence-electron chi connectivity index (χ3n) is 3.18. The molecule has 1 heterocycles. The van der Waals surface area contributed by atoms with Crippen molar-refractivity contribution in [3.05, 3.63) is 84.2 Å². The third kappa shape index (κ3) is 3.12. The normalized spacial score (nSPS) is 10.9. The van der Waals surface area contributed by atoms with Crippen LogP contribution in [0.3, 0.4) is 0 Å². The minimum absolute atomic E-state index is 0.0798. The van der Waals surface area contributed by atoms with E-state index in [0.29, 0.717) is 5.56 Å². The molecule has 1 aromatic heterocycles. The highest BCUT2D eigenvalue weighted by Crippen LogP contribution is 2.13. The molecule has 4 heteroatoms. The van der Waals surface area contributed by atoms with Gasteiger partial charge in [-0.2, -0.15) is 5.10 Å². The van der Waals surface area contributed by atoms with Gasteiger partial charge < -0.3 is 5.11 Å². The molecular weight excluding hydrogens is 276 g/mol. The van der Waals surface area contributed by atoms with Crippen LogP contribution in [0.5, 0.6) is 5.75 Å². The Balaban J connectivity index is 1.76. The second kappa shape index (κ2) is 6.10. The van der Waals surface area contributed by atoms with E-state index < -0.39 is 0 Å². The Labute approximate surface area is 128 Å². The monoisotopic (exact) mass is 290 g/mol. The van der Waals surface area contributed by atoms with Crippen LogP contribution in [0.15, 0.2) is 73.1 Å². The lowest BCUT2D eigenvalue weighted by Gasteiger charge is -1.98. The van der Waals surface area contributed by atoms with Gasteiger partial charge in [0.15, 0.2) is 5.78 Å². The molecule has 22 heavy (non-hydrogen) atoms. The zero-order chi connectivity index (χ0) is 15.4. The number of hydrogen-bond donors (Lipinski definition) is 1.